The molecule has 2 heterocycles. The van der Waals surface area contributed by atoms with Gasteiger partial charge in [-0.25, -0.2) is 9.78 Å². The molecule has 0 aliphatic heterocycles. The summed E-state index contributed by atoms with van der Waals surface area (Å²) in [4.78, 5) is 20.5. The highest BCUT2D eigenvalue weighted by Crippen LogP contribution is 2.38. The summed E-state index contributed by atoms with van der Waals surface area (Å²) in [5.74, 6) is 0. The lowest BCUT2D eigenvalue weighted by Crippen LogP contribution is -2.44. The minimum absolute atomic E-state index is 0.198. The van der Waals surface area contributed by atoms with Crippen molar-refractivity contribution in [1.82, 2.24) is 19.9 Å². The fraction of sp³-hybridized carbons (Fsp3) is 0.588. The van der Waals surface area contributed by atoms with E-state index in [0.29, 0.717) is 6.54 Å². The Bertz CT molecular complexity index is 745. The van der Waals surface area contributed by atoms with E-state index in [1.165, 1.54) is 0 Å². The van der Waals surface area contributed by atoms with Crippen molar-refractivity contribution < 1.29 is 9.53 Å². The Morgan fingerprint density at radius 2 is 2.12 bits per heavy atom. The Morgan fingerprint density at radius 3 is 2.79 bits per heavy atom. The topological polar surface area (TPSA) is 69.0 Å². The van der Waals surface area contributed by atoms with Gasteiger partial charge in [-0.15, -0.1) is 0 Å². The number of nitrogens with zero attached hydrogens (tertiary/aromatic N) is 3. The van der Waals surface area contributed by atoms with Gasteiger partial charge in [-0.3, -0.25) is 0 Å². The number of carbonyl (C=O) groups excluding carboxylic acids is 1. The largest absolute Gasteiger partial charge is 0.444 e. The Balaban J connectivity index is 1.85. The second kappa shape index (κ2) is 6.24. The third kappa shape index (κ3) is 3.48. The Labute approximate surface area is 146 Å². The molecule has 0 radical (unpaired) electrons. The summed E-state index contributed by atoms with van der Waals surface area (Å²) in [7, 11) is 0. The Hall–Kier alpha value is -1.82. The van der Waals surface area contributed by atoms with Crippen LogP contribution in [-0.4, -0.2) is 32.8 Å². The average Bonchev–Trinajstić information content (AvgIpc) is 3.10. The number of amides is 1. The zero-order chi connectivity index (χ0) is 17.4. The van der Waals surface area contributed by atoms with Gasteiger partial charge in [0.05, 0.1) is 5.54 Å². The minimum atomic E-state index is -0.506. The number of alkyl carbamates (subject to hydrolysis) is 1. The number of halogens is 1. The Kier molecular flexibility index (Phi) is 4.42. The predicted molar refractivity (Wildman–Crippen MR) is 93.2 cm³/mol. The first-order valence-corrected chi connectivity index (χ1v) is 8.64. The molecule has 7 heteroatoms. The SMILES string of the molecule is CC(C)(C)OC(=O)NCC1(n2ccc3cnc(Cl)nc32)CCCC1. The molecule has 6 nitrogen and oxygen atoms in total. The van der Waals surface area contributed by atoms with Gasteiger partial charge in [0.25, 0.3) is 0 Å². The van der Waals surface area contributed by atoms with E-state index in [-0.39, 0.29) is 10.8 Å². The van der Waals surface area contributed by atoms with Crippen molar-refractivity contribution in [1.29, 1.82) is 0 Å². The minimum Gasteiger partial charge on any atom is -0.444 e. The van der Waals surface area contributed by atoms with Gasteiger partial charge in [-0.2, -0.15) is 4.98 Å². The van der Waals surface area contributed by atoms with Crippen molar-refractivity contribution in [2.75, 3.05) is 6.54 Å². The standard InChI is InChI=1S/C17H23ClN4O2/c1-16(2,3)24-15(23)20-11-17(7-4-5-8-17)22-9-6-12-10-19-14(18)21-13(12)22/h6,9-10H,4-5,7-8,11H2,1-3H3,(H,20,23). The van der Waals surface area contributed by atoms with Crippen molar-refractivity contribution in [2.24, 2.45) is 0 Å². The number of rotatable bonds is 3. The van der Waals surface area contributed by atoms with E-state index >= 15 is 0 Å². The quantitative estimate of drug-likeness (QED) is 0.853. The number of carbonyl (C=O) groups is 1. The van der Waals surface area contributed by atoms with Crippen LogP contribution in [0.25, 0.3) is 11.0 Å². The highest BCUT2D eigenvalue weighted by Gasteiger charge is 2.37. The maximum atomic E-state index is 12.1. The lowest BCUT2D eigenvalue weighted by Gasteiger charge is -2.32. The van der Waals surface area contributed by atoms with Crippen LogP contribution in [-0.2, 0) is 10.3 Å². The van der Waals surface area contributed by atoms with E-state index in [4.69, 9.17) is 16.3 Å². The summed E-state index contributed by atoms with van der Waals surface area (Å²) in [6.45, 7) is 6.08. The third-order valence-corrected chi connectivity index (χ3v) is 4.59. The van der Waals surface area contributed by atoms with Gasteiger partial charge in [-0.1, -0.05) is 12.8 Å². The number of nitrogens with one attached hydrogen (secondary N) is 1. The van der Waals surface area contributed by atoms with Crippen LogP contribution < -0.4 is 5.32 Å². The molecular weight excluding hydrogens is 328 g/mol. The molecule has 0 bridgehead atoms. The number of fused-ring (bicyclic) bond motifs is 1. The molecule has 24 heavy (non-hydrogen) atoms. The van der Waals surface area contributed by atoms with E-state index in [2.05, 4.69) is 19.9 Å². The van der Waals surface area contributed by atoms with Crippen molar-refractivity contribution in [3.05, 3.63) is 23.7 Å². The van der Waals surface area contributed by atoms with Gasteiger partial charge in [0, 0.05) is 24.3 Å². The molecular formula is C17H23ClN4O2. The second-order valence-corrected chi connectivity index (χ2v) is 7.73. The maximum absolute atomic E-state index is 12.1. The molecule has 1 fully saturated rings. The molecule has 1 amide bonds. The molecule has 1 aliphatic carbocycles. The molecule has 0 unspecified atom stereocenters. The zero-order valence-corrected chi connectivity index (χ0v) is 15.1. The summed E-state index contributed by atoms with van der Waals surface area (Å²) in [5.41, 5.74) is 0.104. The first kappa shape index (κ1) is 17.0. The molecule has 0 spiro atoms. The fourth-order valence-electron chi connectivity index (χ4n) is 3.37. The van der Waals surface area contributed by atoms with E-state index in [0.717, 1.165) is 36.7 Å². The molecule has 1 aliphatic rings. The number of hydrogen-bond donors (Lipinski definition) is 1. The molecule has 2 aromatic heterocycles. The van der Waals surface area contributed by atoms with Crippen molar-refractivity contribution >= 4 is 28.7 Å². The fourth-order valence-corrected chi connectivity index (χ4v) is 3.50. The van der Waals surface area contributed by atoms with Crippen molar-refractivity contribution in [3.63, 3.8) is 0 Å². The average molecular weight is 351 g/mol. The first-order chi connectivity index (χ1) is 11.3. The lowest BCUT2D eigenvalue weighted by molar-refractivity contribution is 0.0503. The van der Waals surface area contributed by atoms with Gasteiger partial charge >= 0.3 is 6.09 Å². The van der Waals surface area contributed by atoms with Crippen molar-refractivity contribution in [3.8, 4) is 0 Å². The summed E-state index contributed by atoms with van der Waals surface area (Å²) < 4.78 is 7.50. The van der Waals surface area contributed by atoms with Gasteiger partial charge in [0.2, 0.25) is 5.28 Å². The number of aromatic nitrogens is 3. The van der Waals surface area contributed by atoms with Crippen LogP contribution in [0.15, 0.2) is 18.5 Å². The zero-order valence-electron chi connectivity index (χ0n) is 14.3. The van der Waals surface area contributed by atoms with Crippen LogP contribution in [0.3, 0.4) is 0 Å². The molecule has 0 saturated heterocycles. The molecule has 1 N–H and O–H groups in total. The third-order valence-electron chi connectivity index (χ3n) is 4.40. The predicted octanol–water partition coefficient (Wildman–Crippen LogP) is 3.88. The van der Waals surface area contributed by atoms with Crippen LogP contribution in [0.5, 0.6) is 0 Å². The van der Waals surface area contributed by atoms with Crippen LogP contribution in [0.1, 0.15) is 46.5 Å². The van der Waals surface area contributed by atoms with Crippen LogP contribution in [0, 0.1) is 0 Å². The van der Waals surface area contributed by atoms with E-state index in [1.807, 2.05) is 33.0 Å². The highest BCUT2D eigenvalue weighted by atomic mass is 35.5. The normalized spacial score (nSPS) is 17.2. The summed E-state index contributed by atoms with van der Waals surface area (Å²) >= 11 is 5.97. The van der Waals surface area contributed by atoms with E-state index in [1.54, 1.807) is 6.20 Å². The van der Waals surface area contributed by atoms with Gasteiger partial charge < -0.3 is 14.6 Å². The molecule has 0 atom stereocenters. The van der Waals surface area contributed by atoms with Crippen LogP contribution in [0.2, 0.25) is 5.28 Å². The molecule has 2 aromatic rings. The van der Waals surface area contributed by atoms with Crippen LogP contribution >= 0.6 is 11.6 Å². The second-order valence-electron chi connectivity index (χ2n) is 7.39. The molecule has 1 saturated carbocycles. The summed E-state index contributed by atoms with van der Waals surface area (Å²) in [6.07, 6.45) is 7.55. The smallest absolute Gasteiger partial charge is 0.407 e. The molecule has 3 rings (SSSR count). The van der Waals surface area contributed by atoms with Gasteiger partial charge in [0.15, 0.2) is 0 Å². The van der Waals surface area contributed by atoms with Gasteiger partial charge in [-0.05, 0) is 51.3 Å². The number of hydrogen-bond acceptors (Lipinski definition) is 4. The van der Waals surface area contributed by atoms with E-state index < -0.39 is 11.7 Å². The van der Waals surface area contributed by atoms with E-state index in [9.17, 15) is 4.79 Å². The van der Waals surface area contributed by atoms with Gasteiger partial charge in [0.1, 0.15) is 11.2 Å². The monoisotopic (exact) mass is 350 g/mol. The maximum Gasteiger partial charge on any atom is 0.407 e. The highest BCUT2D eigenvalue weighted by molar-refractivity contribution is 6.28. The number of ether oxygens (including phenoxy) is 1. The summed E-state index contributed by atoms with van der Waals surface area (Å²) in [6, 6.07) is 1.99. The lowest BCUT2D eigenvalue weighted by atomic mass is 9.97. The molecule has 130 valence electrons. The summed E-state index contributed by atoms with van der Waals surface area (Å²) in [5, 5.41) is 4.11. The van der Waals surface area contributed by atoms with Crippen molar-refractivity contribution in [2.45, 2.75) is 57.6 Å². The first-order valence-electron chi connectivity index (χ1n) is 8.26. The van der Waals surface area contributed by atoms with Crippen LogP contribution in [0.4, 0.5) is 4.79 Å². The molecule has 0 aromatic carbocycles. The Morgan fingerprint density at radius 1 is 1.42 bits per heavy atom.